The Morgan fingerprint density at radius 3 is 3.12 bits per heavy atom. The number of hydrogen-bond acceptors (Lipinski definition) is 5. The number of imidazole rings is 1. The summed E-state index contributed by atoms with van der Waals surface area (Å²) in [7, 11) is 0. The smallest absolute Gasteiger partial charge is 0.328 e. The predicted molar refractivity (Wildman–Crippen MR) is 98.1 cm³/mol. The highest BCUT2D eigenvalue weighted by molar-refractivity contribution is 6.30. The van der Waals surface area contributed by atoms with Crippen LogP contribution in [0, 0.1) is 11.7 Å². The van der Waals surface area contributed by atoms with Crippen molar-refractivity contribution in [3.05, 3.63) is 51.3 Å². The van der Waals surface area contributed by atoms with Crippen molar-refractivity contribution < 1.29 is 4.39 Å². The van der Waals surface area contributed by atoms with Crippen molar-refractivity contribution in [1.29, 1.82) is 0 Å². The summed E-state index contributed by atoms with van der Waals surface area (Å²) < 4.78 is 15.4. The van der Waals surface area contributed by atoms with Gasteiger partial charge in [0.1, 0.15) is 11.3 Å². The first-order valence-corrected chi connectivity index (χ1v) is 8.82. The molecule has 3 heterocycles. The molecule has 1 atom stereocenters. The molecule has 0 unspecified atom stereocenters. The van der Waals surface area contributed by atoms with Gasteiger partial charge in [0.05, 0.1) is 12.7 Å². The molecule has 0 amide bonds. The summed E-state index contributed by atoms with van der Waals surface area (Å²) in [5.41, 5.74) is 0.887. The fraction of sp³-hybridized carbons (Fsp3) is 0.353. The zero-order valence-electron chi connectivity index (χ0n) is 13.9. The molecule has 1 saturated heterocycles. The number of H-pyrrole nitrogens is 1. The maximum absolute atomic E-state index is 14.0. The number of benzene rings is 1. The number of nitrogens with zero attached hydrogens (tertiary/aromatic N) is 3. The van der Waals surface area contributed by atoms with Gasteiger partial charge in [-0.3, -0.25) is 4.57 Å². The second kappa shape index (κ2) is 7.05. The molecule has 4 rings (SSSR count). The first-order valence-electron chi connectivity index (χ1n) is 8.44. The number of fused-ring (bicyclic) bond motifs is 1. The van der Waals surface area contributed by atoms with Crippen LogP contribution in [0.25, 0.3) is 11.2 Å². The van der Waals surface area contributed by atoms with E-state index in [1.54, 1.807) is 6.20 Å². The van der Waals surface area contributed by atoms with E-state index in [4.69, 9.17) is 11.6 Å². The van der Waals surface area contributed by atoms with Crippen LogP contribution < -0.4 is 16.3 Å². The van der Waals surface area contributed by atoms with Gasteiger partial charge in [0.2, 0.25) is 5.95 Å². The Morgan fingerprint density at radius 1 is 1.42 bits per heavy atom. The van der Waals surface area contributed by atoms with E-state index in [-0.39, 0.29) is 12.2 Å². The average molecular weight is 377 g/mol. The number of aromatic amines is 1. The van der Waals surface area contributed by atoms with Crippen molar-refractivity contribution in [2.45, 2.75) is 13.0 Å². The number of aromatic nitrogens is 4. The van der Waals surface area contributed by atoms with Crippen molar-refractivity contribution in [2.24, 2.45) is 5.92 Å². The molecule has 3 N–H and O–H groups in total. The van der Waals surface area contributed by atoms with E-state index in [2.05, 4.69) is 25.6 Å². The van der Waals surface area contributed by atoms with Crippen LogP contribution in [0.5, 0.6) is 0 Å². The van der Waals surface area contributed by atoms with Gasteiger partial charge in [-0.25, -0.2) is 14.2 Å². The molecule has 9 heteroatoms. The molecule has 1 aliphatic rings. The molecule has 1 aromatic carbocycles. The highest BCUT2D eigenvalue weighted by Crippen LogP contribution is 2.18. The zero-order valence-corrected chi connectivity index (χ0v) is 14.7. The molecule has 0 radical (unpaired) electrons. The van der Waals surface area contributed by atoms with E-state index < -0.39 is 5.82 Å². The standard InChI is InChI=1S/C17H18ClFN6O/c18-12-1-2-13(19)11(5-12)9-25-15-14(23-17(25)26)8-22-16(24-15)21-7-10-3-4-20-6-10/h1-2,5,8,10,20H,3-4,6-7,9H2,(H,23,26)(H,21,22,24)/t10-/m1/s1. The van der Waals surface area contributed by atoms with Crippen LogP contribution in [-0.4, -0.2) is 39.2 Å². The van der Waals surface area contributed by atoms with E-state index in [0.29, 0.717) is 33.6 Å². The van der Waals surface area contributed by atoms with Crippen molar-refractivity contribution in [3.8, 4) is 0 Å². The average Bonchev–Trinajstić information content (AvgIpc) is 3.24. The Hall–Kier alpha value is -2.45. The number of rotatable bonds is 5. The number of halogens is 2. The molecule has 7 nitrogen and oxygen atoms in total. The van der Waals surface area contributed by atoms with Gasteiger partial charge >= 0.3 is 5.69 Å². The fourth-order valence-corrected chi connectivity index (χ4v) is 3.33. The number of hydrogen-bond donors (Lipinski definition) is 3. The van der Waals surface area contributed by atoms with Crippen LogP contribution in [-0.2, 0) is 6.54 Å². The molecule has 26 heavy (non-hydrogen) atoms. The van der Waals surface area contributed by atoms with Gasteiger partial charge in [-0.1, -0.05) is 11.6 Å². The lowest BCUT2D eigenvalue weighted by Gasteiger charge is -2.10. The Labute approximate surface area is 153 Å². The van der Waals surface area contributed by atoms with Gasteiger partial charge in [0, 0.05) is 17.1 Å². The topological polar surface area (TPSA) is 87.6 Å². The van der Waals surface area contributed by atoms with Gasteiger partial charge < -0.3 is 15.6 Å². The second-order valence-corrected chi connectivity index (χ2v) is 6.86. The second-order valence-electron chi connectivity index (χ2n) is 6.42. The van der Waals surface area contributed by atoms with Gasteiger partial charge in [-0.05, 0) is 43.6 Å². The van der Waals surface area contributed by atoms with Crippen molar-refractivity contribution in [2.75, 3.05) is 25.0 Å². The minimum absolute atomic E-state index is 0.0359. The van der Waals surface area contributed by atoms with Crippen LogP contribution in [0.3, 0.4) is 0 Å². The summed E-state index contributed by atoms with van der Waals surface area (Å²) in [6.45, 7) is 2.79. The van der Waals surface area contributed by atoms with E-state index in [1.165, 1.54) is 22.8 Å². The lowest BCUT2D eigenvalue weighted by Crippen LogP contribution is -2.19. The monoisotopic (exact) mass is 376 g/mol. The SMILES string of the molecule is O=c1[nH]c2cnc(NC[C@@H]3CCNC3)nc2n1Cc1cc(Cl)ccc1F. The van der Waals surface area contributed by atoms with Crippen molar-refractivity contribution in [1.82, 2.24) is 24.8 Å². The summed E-state index contributed by atoms with van der Waals surface area (Å²) in [5.74, 6) is 0.559. The van der Waals surface area contributed by atoms with E-state index in [0.717, 1.165) is 26.1 Å². The minimum atomic E-state index is -0.420. The molecule has 1 fully saturated rings. The van der Waals surface area contributed by atoms with Crippen LogP contribution in [0.15, 0.2) is 29.2 Å². The number of nitrogens with one attached hydrogen (secondary N) is 3. The summed E-state index contributed by atoms with van der Waals surface area (Å²) in [5, 5.41) is 6.94. The van der Waals surface area contributed by atoms with Crippen molar-refractivity contribution >= 4 is 28.7 Å². The molecule has 1 aliphatic heterocycles. The third-order valence-corrected chi connectivity index (χ3v) is 4.79. The van der Waals surface area contributed by atoms with E-state index >= 15 is 0 Å². The van der Waals surface area contributed by atoms with Crippen molar-refractivity contribution in [3.63, 3.8) is 0 Å². The first kappa shape index (κ1) is 17.0. The normalized spacial score (nSPS) is 17.1. The third kappa shape index (κ3) is 3.42. The lowest BCUT2D eigenvalue weighted by molar-refractivity contribution is 0.598. The maximum Gasteiger partial charge on any atom is 0.328 e. The Bertz CT molecular complexity index is 995. The van der Waals surface area contributed by atoms with E-state index in [1.807, 2.05) is 0 Å². The molecule has 3 aromatic rings. The Balaban J connectivity index is 1.63. The van der Waals surface area contributed by atoms with Gasteiger partial charge in [-0.15, -0.1) is 0 Å². The highest BCUT2D eigenvalue weighted by atomic mass is 35.5. The molecular formula is C17H18ClFN6O. The zero-order chi connectivity index (χ0) is 18.1. The van der Waals surface area contributed by atoms with E-state index in [9.17, 15) is 9.18 Å². The largest absolute Gasteiger partial charge is 0.354 e. The van der Waals surface area contributed by atoms with Gasteiger partial charge in [-0.2, -0.15) is 4.98 Å². The molecule has 0 spiro atoms. The quantitative estimate of drug-likeness (QED) is 0.633. The summed E-state index contributed by atoms with van der Waals surface area (Å²) in [6.07, 6.45) is 2.67. The molecular weight excluding hydrogens is 359 g/mol. The molecule has 0 aliphatic carbocycles. The Morgan fingerprint density at radius 2 is 2.31 bits per heavy atom. The summed E-state index contributed by atoms with van der Waals surface area (Å²) in [4.78, 5) is 23.6. The maximum atomic E-state index is 14.0. The predicted octanol–water partition coefficient (Wildman–Crippen LogP) is 1.98. The van der Waals surface area contributed by atoms with Crippen LogP contribution >= 0.6 is 11.6 Å². The molecule has 2 aromatic heterocycles. The van der Waals surface area contributed by atoms with Crippen LogP contribution in [0.2, 0.25) is 5.02 Å². The summed E-state index contributed by atoms with van der Waals surface area (Å²) in [6, 6.07) is 4.27. The molecule has 0 bridgehead atoms. The fourth-order valence-electron chi connectivity index (χ4n) is 3.14. The molecule has 0 saturated carbocycles. The van der Waals surface area contributed by atoms with Crippen LogP contribution in [0.1, 0.15) is 12.0 Å². The first-order chi connectivity index (χ1) is 12.6. The summed E-state index contributed by atoms with van der Waals surface area (Å²) >= 11 is 5.94. The number of anilines is 1. The van der Waals surface area contributed by atoms with Gasteiger partial charge in [0.25, 0.3) is 0 Å². The van der Waals surface area contributed by atoms with Crippen LogP contribution in [0.4, 0.5) is 10.3 Å². The highest BCUT2D eigenvalue weighted by Gasteiger charge is 2.16. The Kier molecular flexibility index (Phi) is 4.60. The van der Waals surface area contributed by atoms with Gasteiger partial charge in [0.15, 0.2) is 5.65 Å². The minimum Gasteiger partial charge on any atom is -0.354 e. The third-order valence-electron chi connectivity index (χ3n) is 4.56. The lowest BCUT2D eigenvalue weighted by atomic mass is 10.1. The molecule has 136 valence electrons.